The maximum absolute atomic E-state index is 11.2. The number of carboxylic acids is 1. The molecule has 20 heavy (non-hydrogen) atoms. The Hall–Kier alpha value is -2.11. The van der Waals surface area contributed by atoms with Gasteiger partial charge in [-0.25, -0.2) is 4.79 Å². The largest absolute Gasteiger partial charge is 0.478 e. The molecule has 1 aliphatic rings. The van der Waals surface area contributed by atoms with E-state index in [0.717, 1.165) is 38.4 Å². The highest BCUT2D eigenvalue weighted by Crippen LogP contribution is 2.33. The van der Waals surface area contributed by atoms with Crippen LogP contribution in [0.3, 0.4) is 0 Å². The number of nitro benzene ring substituents is 1. The molecule has 0 spiro atoms. The molecule has 0 aromatic heterocycles. The van der Waals surface area contributed by atoms with Gasteiger partial charge in [0.1, 0.15) is 5.69 Å². The Labute approximate surface area is 117 Å². The van der Waals surface area contributed by atoms with Crippen LogP contribution in [0.25, 0.3) is 0 Å². The van der Waals surface area contributed by atoms with Crippen LogP contribution >= 0.6 is 0 Å². The number of nitrogens with zero attached hydrogens (tertiary/aromatic N) is 2. The Kier molecular flexibility index (Phi) is 4.22. The highest BCUT2D eigenvalue weighted by molar-refractivity contribution is 5.89. The predicted octanol–water partition coefficient (Wildman–Crippen LogP) is 2.92. The fourth-order valence-electron chi connectivity index (χ4n) is 2.69. The second-order valence-electron chi connectivity index (χ2n) is 5.13. The number of piperidine rings is 1. The van der Waals surface area contributed by atoms with E-state index in [-0.39, 0.29) is 11.3 Å². The van der Waals surface area contributed by atoms with Crippen molar-refractivity contribution in [2.24, 2.45) is 5.92 Å². The van der Waals surface area contributed by atoms with E-state index in [1.165, 1.54) is 6.07 Å². The molecule has 6 nitrogen and oxygen atoms in total. The minimum atomic E-state index is -1.15. The average molecular weight is 278 g/mol. The average Bonchev–Trinajstić information content (AvgIpc) is 2.46. The molecule has 6 heteroatoms. The molecular formula is C14H18N2O4. The lowest BCUT2D eigenvalue weighted by atomic mass is 9.95. The zero-order valence-electron chi connectivity index (χ0n) is 11.4. The second kappa shape index (κ2) is 5.90. The summed E-state index contributed by atoms with van der Waals surface area (Å²) in [6.45, 7) is 3.70. The number of anilines is 1. The summed E-state index contributed by atoms with van der Waals surface area (Å²) in [4.78, 5) is 23.6. The first-order valence-electron chi connectivity index (χ1n) is 6.79. The standard InChI is InChI=1S/C14H18N2O4/c1-2-10-4-3-7-15(9-10)12-6-5-11(14(17)18)8-13(12)16(19)20/h5-6,8,10H,2-4,7,9H2,1H3,(H,17,18). The fourth-order valence-corrected chi connectivity index (χ4v) is 2.69. The third-order valence-electron chi connectivity index (χ3n) is 3.86. The van der Waals surface area contributed by atoms with Gasteiger partial charge in [0.25, 0.3) is 5.69 Å². The number of nitro groups is 1. The van der Waals surface area contributed by atoms with Crippen LogP contribution in [0.4, 0.5) is 11.4 Å². The zero-order chi connectivity index (χ0) is 14.7. The SMILES string of the molecule is CCC1CCCN(c2ccc(C(=O)O)cc2[N+](=O)[O-])C1. The predicted molar refractivity (Wildman–Crippen MR) is 75.3 cm³/mol. The molecule has 1 aliphatic heterocycles. The van der Waals surface area contributed by atoms with Crippen molar-refractivity contribution in [1.82, 2.24) is 0 Å². The van der Waals surface area contributed by atoms with Crippen LogP contribution in [0.5, 0.6) is 0 Å². The maximum Gasteiger partial charge on any atom is 0.335 e. The normalized spacial score (nSPS) is 18.9. The molecule has 0 bridgehead atoms. The minimum absolute atomic E-state index is 0.0514. The Morgan fingerprint density at radius 3 is 2.90 bits per heavy atom. The van der Waals surface area contributed by atoms with E-state index in [0.29, 0.717) is 11.6 Å². The highest BCUT2D eigenvalue weighted by atomic mass is 16.6. The summed E-state index contributed by atoms with van der Waals surface area (Å²) in [6, 6.07) is 4.13. The van der Waals surface area contributed by atoms with Gasteiger partial charge in [-0.3, -0.25) is 10.1 Å². The van der Waals surface area contributed by atoms with Gasteiger partial charge in [-0.1, -0.05) is 13.3 Å². The van der Waals surface area contributed by atoms with Gasteiger partial charge in [-0.2, -0.15) is 0 Å². The van der Waals surface area contributed by atoms with Gasteiger partial charge in [0.05, 0.1) is 10.5 Å². The van der Waals surface area contributed by atoms with E-state index in [1.54, 1.807) is 6.07 Å². The number of carbonyl (C=O) groups is 1. The first-order chi connectivity index (χ1) is 9.52. The Morgan fingerprint density at radius 2 is 2.30 bits per heavy atom. The monoisotopic (exact) mass is 278 g/mol. The van der Waals surface area contributed by atoms with Crippen molar-refractivity contribution in [3.05, 3.63) is 33.9 Å². The molecule has 1 aromatic carbocycles. The van der Waals surface area contributed by atoms with Crippen molar-refractivity contribution in [2.75, 3.05) is 18.0 Å². The van der Waals surface area contributed by atoms with Gasteiger partial charge in [-0.15, -0.1) is 0 Å². The molecule has 0 saturated carbocycles. The van der Waals surface area contributed by atoms with Crippen LogP contribution in [0.2, 0.25) is 0 Å². The molecule has 2 rings (SSSR count). The number of aromatic carboxylic acids is 1. The molecule has 1 atom stereocenters. The molecule has 1 fully saturated rings. The smallest absolute Gasteiger partial charge is 0.335 e. The quantitative estimate of drug-likeness (QED) is 0.676. The van der Waals surface area contributed by atoms with E-state index in [2.05, 4.69) is 6.92 Å². The zero-order valence-corrected chi connectivity index (χ0v) is 11.4. The van der Waals surface area contributed by atoms with E-state index >= 15 is 0 Å². The molecule has 1 saturated heterocycles. The Balaban J connectivity index is 2.35. The van der Waals surface area contributed by atoms with Crippen LogP contribution in [0, 0.1) is 16.0 Å². The van der Waals surface area contributed by atoms with Crippen LogP contribution < -0.4 is 4.90 Å². The second-order valence-corrected chi connectivity index (χ2v) is 5.13. The van der Waals surface area contributed by atoms with Crippen LogP contribution in [-0.4, -0.2) is 29.1 Å². The van der Waals surface area contributed by atoms with Crippen LogP contribution in [-0.2, 0) is 0 Å². The number of benzene rings is 1. The third kappa shape index (κ3) is 2.89. The van der Waals surface area contributed by atoms with Gasteiger partial charge in [0, 0.05) is 19.2 Å². The molecule has 1 N–H and O–H groups in total. The lowest BCUT2D eigenvalue weighted by molar-refractivity contribution is -0.384. The van der Waals surface area contributed by atoms with Crippen molar-refractivity contribution in [2.45, 2.75) is 26.2 Å². The van der Waals surface area contributed by atoms with Crippen molar-refractivity contribution >= 4 is 17.3 Å². The summed E-state index contributed by atoms with van der Waals surface area (Å²) < 4.78 is 0. The summed E-state index contributed by atoms with van der Waals surface area (Å²) >= 11 is 0. The topological polar surface area (TPSA) is 83.7 Å². The summed E-state index contributed by atoms with van der Waals surface area (Å²) in [5, 5.41) is 20.1. The van der Waals surface area contributed by atoms with E-state index < -0.39 is 10.9 Å². The molecule has 1 heterocycles. The summed E-state index contributed by atoms with van der Waals surface area (Å²) in [5.74, 6) is -0.604. The third-order valence-corrected chi connectivity index (χ3v) is 3.86. The molecule has 0 radical (unpaired) electrons. The first kappa shape index (κ1) is 14.3. The van der Waals surface area contributed by atoms with Gasteiger partial charge in [0.2, 0.25) is 0 Å². The lowest BCUT2D eigenvalue weighted by Gasteiger charge is -2.33. The number of hydrogen-bond donors (Lipinski definition) is 1. The van der Waals surface area contributed by atoms with E-state index in [1.807, 2.05) is 4.90 Å². The van der Waals surface area contributed by atoms with E-state index in [9.17, 15) is 14.9 Å². The van der Waals surface area contributed by atoms with Crippen molar-refractivity contribution in [3.63, 3.8) is 0 Å². The molecule has 1 aromatic rings. The van der Waals surface area contributed by atoms with Gasteiger partial charge in [-0.05, 0) is 30.9 Å². The molecular weight excluding hydrogens is 260 g/mol. The number of carboxylic acid groups (broad SMARTS) is 1. The highest BCUT2D eigenvalue weighted by Gasteiger charge is 2.25. The fraction of sp³-hybridized carbons (Fsp3) is 0.500. The van der Waals surface area contributed by atoms with Crippen molar-refractivity contribution < 1.29 is 14.8 Å². The Morgan fingerprint density at radius 1 is 1.55 bits per heavy atom. The van der Waals surface area contributed by atoms with Crippen molar-refractivity contribution in [3.8, 4) is 0 Å². The molecule has 1 unspecified atom stereocenters. The number of rotatable bonds is 4. The molecule has 0 amide bonds. The van der Waals surface area contributed by atoms with Crippen molar-refractivity contribution in [1.29, 1.82) is 0 Å². The van der Waals surface area contributed by atoms with Crippen LogP contribution in [0.1, 0.15) is 36.5 Å². The minimum Gasteiger partial charge on any atom is -0.478 e. The summed E-state index contributed by atoms with van der Waals surface area (Å²) in [5.41, 5.74) is 0.351. The Bertz CT molecular complexity index is 530. The van der Waals surface area contributed by atoms with Gasteiger partial charge < -0.3 is 10.0 Å². The summed E-state index contributed by atoms with van der Waals surface area (Å²) in [7, 11) is 0. The lowest BCUT2D eigenvalue weighted by Crippen LogP contribution is -2.35. The first-order valence-corrected chi connectivity index (χ1v) is 6.79. The molecule has 108 valence electrons. The summed E-state index contributed by atoms with van der Waals surface area (Å²) in [6.07, 6.45) is 3.21. The van der Waals surface area contributed by atoms with E-state index in [4.69, 9.17) is 5.11 Å². The maximum atomic E-state index is 11.2. The molecule has 0 aliphatic carbocycles. The van der Waals surface area contributed by atoms with Crippen LogP contribution in [0.15, 0.2) is 18.2 Å². The van der Waals surface area contributed by atoms with Gasteiger partial charge in [0.15, 0.2) is 0 Å². The van der Waals surface area contributed by atoms with Gasteiger partial charge >= 0.3 is 5.97 Å². The number of hydrogen-bond acceptors (Lipinski definition) is 4.